The maximum absolute atomic E-state index is 5.50. The third-order valence-electron chi connectivity index (χ3n) is 3.06. The van der Waals surface area contributed by atoms with E-state index in [2.05, 4.69) is 22.4 Å². The fourth-order valence-corrected chi connectivity index (χ4v) is 2.16. The number of aromatic nitrogens is 1. The molecule has 1 aromatic heterocycles. The molecule has 0 unspecified atom stereocenters. The lowest BCUT2D eigenvalue weighted by Gasteiger charge is -2.09. The van der Waals surface area contributed by atoms with Crippen molar-refractivity contribution < 1.29 is 9.47 Å². The summed E-state index contributed by atoms with van der Waals surface area (Å²) in [6, 6.07) is 12.0. The minimum Gasteiger partial charge on any atom is -0.497 e. The number of nitrogens with one attached hydrogen (secondary N) is 1. The van der Waals surface area contributed by atoms with Gasteiger partial charge in [-0.3, -0.25) is 4.98 Å². The summed E-state index contributed by atoms with van der Waals surface area (Å²) in [5.41, 5.74) is 3.14. The number of methoxy groups -OCH3 is 1. The van der Waals surface area contributed by atoms with Crippen molar-refractivity contribution in [2.45, 2.75) is 26.9 Å². The lowest BCUT2D eigenvalue weighted by Crippen LogP contribution is -2.14. The van der Waals surface area contributed by atoms with Gasteiger partial charge in [-0.25, -0.2) is 0 Å². The van der Waals surface area contributed by atoms with Gasteiger partial charge in [0.05, 0.1) is 19.4 Å². The van der Waals surface area contributed by atoms with E-state index in [1.165, 1.54) is 5.56 Å². The minimum atomic E-state index is 0.684. The molecule has 0 atom stereocenters. The summed E-state index contributed by atoms with van der Waals surface area (Å²) < 4.78 is 10.8. The topological polar surface area (TPSA) is 43.4 Å². The minimum absolute atomic E-state index is 0.684. The Bertz CT molecular complexity index is 585. The number of hydrogen-bond acceptors (Lipinski definition) is 4. The number of pyridine rings is 1. The van der Waals surface area contributed by atoms with Crippen molar-refractivity contribution in [3.05, 3.63) is 53.3 Å². The van der Waals surface area contributed by atoms with Crippen LogP contribution in [0.2, 0.25) is 0 Å². The van der Waals surface area contributed by atoms with Gasteiger partial charge in [-0.2, -0.15) is 0 Å². The van der Waals surface area contributed by atoms with Crippen LogP contribution in [0.25, 0.3) is 0 Å². The second kappa shape index (κ2) is 7.64. The van der Waals surface area contributed by atoms with Crippen molar-refractivity contribution in [1.82, 2.24) is 10.3 Å². The monoisotopic (exact) mass is 286 g/mol. The van der Waals surface area contributed by atoms with E-state index in [-0.39, 0.29) is 0 Å². The van der Waals surface area contributed by atoms with Gasteiger partial charge in [0.15, 0.2) is 0 Å². The number of aryl methyl sites for hydroxylation is 1. The molecule has 0 aliphatic carbocycles. The third kappa shape index (κ3) is 4.76. The smallest absolute Gasteiger partial charge is 0.122 e. The van der Waals surface area contributed by atoms with Gasteiger partial charge in [-0.05, 0) is 31.5 Å². The van der Waals surface area contributed by atoms with Crippen molar-refractivity contribution in [2.75, 3.05) is 13.7 Å². The van der Waals surface area contributed by atoms with E-state index in [0.29, 0.717) is 13.2 Å². The van der Waals surface area contributed by atoms with Crippen molar-refractivity contribution in [2.24, 2.45) is 0 Å². The van der Waals surface area contributed by atoms with Crippen LogP contribution in [-0.2, 0) is 13.1 Å². The first-order chi connectivity index (χ1) is 10.2. The summed E-state index contributed by atoms with van der Waals surface area (Å²) >= 11 is 0. The molecule has 0 saturated carbocycles. The van der Waals surface area contributed by atoms with Crippen molar-refractivity contribution in [3.8, 4) is 11.5 Å². The lowest BCUT2D eigenvalue weighted by molar-refractivity contribution is 0.340. The Kier molecular flexibility index (Phi) is 5.58. The average Bonchev–Trinajstić information content (AvgIpc) is 2.47. The first kappa shape index (κ1) is 15.3. The Balaban J connectivity index is 1.92. The molecule has 0 saturated heterocycles. The van der Waals surface area contributed by atoms with Crippen molar-refractivity contribution >= 4 is 0 Å². The standard InChI is InChI=1S/C17H22N2O2/c1-4-21-16-7-5-6-14(9-16)11-18-12-15-10-17(20-3)8-13(2)19-15/h5-10,18H,4,11-12H2,1-3H3. The van der Waals surface area contributed by atoms with E-state index in [0.717, 1.165) is 29.4 Å². The highest BCUT2D eigenvalue weighted by molar-refractivity contribution is 5.29. The molecule has 4 heteroatoms. The third-order valence-corrected chi connectivity index (χ3v) is 3.06. The Morgan fingerprint density at radius 2 is 1.95 bits per heavy atom. The molecule has 112 valence electrons. The van der Waals surface area contributed by atoms with Gasteiger partial charge in [0.1, 0.15) is 11.5 Å². The maximum atomic E-state index is 5.50. The predicted octanol–water partition coefficient (Wildman–Crippen LogP) is 3.09. The number of ether oxygens (including phenoxy) is 2. The predicted molar refractivity (Wildman–Crippen MR) is 83.7 cm³/mol. The molecule has 1 aromatic carbocycles. The van der Waals surface area contributed by atoms with E-state index < -0.39 is 0 Å². The molecular formula is C17H22N2O2. The molecule has 21 heavy (non-hydrogen) atoms. The van der Waals surface area contributed by atoms with Crippen LogP contribution in [0.15, 0.2) is 36.4 Å². The fraction of sp³-hybridized carbons (Fsp3) is 0.353. The number of hydrogen-bond donors (Lipinski definition) is 1. The zero-order valence-corrected chi connectivity index (χ0v) is 12.8. The normalized spacial score (nSPS) is 10.4. The van der Waals surface area contributed by atoms with Gasteiger partial charge in [0.2, 0.25) is 0 Å². The second-order valence-electron chi connectivity index (χ2n) is 4.82. The Morgan fingerprint density at radius 3 is 2.71 bits per heavy atom. The van der Waals surface area contributed by atoms with Crippen LogP contribution in [0.4, 0.5) is 0 Å². The van der Waals surface area contributed by atoms with Gasteiger partial charge in [-0.1, -0.05) is 12.1 Å². The van der Waals surface area contributed by atoms with Crippen LogP contribution >= 0.6 is 0 Å². The van der Waals surface area contributed by atoms with Gasteiger partial charge in [0.25, 0.3) is 0 Å². The van der Waals surface area contributed by atoms with Crippen molar-refractivity contribution in [1.29, 1.82) is 0 Å². The molecule has 1 N–H and O–H groups in total. The first-order valence-electron chi connectivity index (χ1n) is 7.15. The quantitative estimate of drug-likeness (QED) is 0.849. The molecule has 0 bridgehead atoms. The first-order valence-corrected chi connectivity index (χ1v) is 7.15. The van der Waals surface area contributed by atoms with Crippen LogP contribution in [0.5, 0.6) is 11.5 Å². The number of rotatable bonds is 7. The summed E-state index contributed by atoms with van der Waals surface area (Å²) in [7, 11) is 1.67. The molecule has 4 nitrogen and oxygen atoms in total. The van der Waals surface area contributed by atoms with E-state index in [9.17, 15) is 0 Å². The zero-order chi connectivity index (χ0) is 15.1. The van der Waals surface area contributed by atoms with Crippen LogP contribution in [0.3, 0.4) is 0 Å². The summed E-state index contributed by atoms with van der Waals surface area (Å²) in [6.45, 7) is 6.12. The van der Waals surface area contributed by atoms with Crippen LogP contribution in [0, 0.1) is 6.92 Å². The highest BCUT2D eigenvalue weighted by Crippen LogP contribution is 2.15. The van der Waals surface area contributed by atoms with E-state index in [1.54, 1.807) is 7.11 Å². The Hall–Kier alpha value is -2.07. The molecule has 0 radical (unpaired) electrons. The lowest BCUT2D eigenvalue weighted by atomic mass is 10.2. The van der Waals surface area contributed by atoms with Gasteiger partial charge in [-0.15, -0.1) is 0 Å². The summed E-state index contributed by atoms with van der Waals surface area (Å²) in [5, 5.41) is 3.39. The molecular weight excluding hydrogens is 264 g/mol. The maximum Gasteiger partial charge on any atom is 0.122 e. The zero-order valence-electron chi connectivity index (χ0n) is 12.8. The molecule has 0 aliphatic heterocycles. The Labute approximate surface area is 126 Å². The van der Waals surface area contributed by atoms with Crippen LogP contribution < -0.4 is 14.8 Å². The van der Waals surface area contributed by atoms with E-state index in [4.69, 9.17) is 9.47 Å². The average molecular weight is 286 g/mol. The molecule has 0 amide bonds. The van der Waals surface area contributed by atoms with E-state index in [1.807, 2.05) is 38.1 Å². The molecule has 2 aromatic rings. The summed E-state index contributed by atoms with van der Waals surface area (Å²) in [6.07, 6.45) is 0. The van der Waals surface area contributed by atoms with Gasteiger partial charge < -0.3 is 14.8 Å². The molecule has 2 rings (SSSR count). The highest BCUT2D eigenvalue weighted by atomic mass is 16.5. The largest absolute Gasteiger partial charge is 0.497 e. The van der Waals surface area contributed by atoms with Crippen LogP contribution in [0.1, 0.15) is 23.9 Å². The molecule has 1 heterocycles. The van der Waals surface area contributed by atoms with Gasteiger partial charge in [0, 0.05) is 30.9 Å². The Morgan fingerprint density at radius 1 is 1.10 bits per heavy atom. The molecule has 0 aliphatic rings. The second-order valence-corrected chi connectivity index (χ2v) is 4.82. The highest BCUT2D eigenvalue weighted by Gasteiger charge is 2.01. The van der Waals surface area contributed by atoms with E-state index >= 15 is 0 Å². The number of benzene rings is 1. The number of nitrogens with zero attached hydrogens (tertiary/aromatic N) is 1. The van der Waals surface area contributed by atoms with Crippen molar-refractivity contribution in [3.63, 3.8) is 0 Å². The molecule has 0 fully saturated rings. The SMILES string of the molecule is CCOc1cccc(CNCc2cc(OC)cc(C)n2)c1. The van der Waals surface area contributed by atoms with Crippen LogP contribution in [-0.4, -0.2) is 18.7 Å². The fourth-order valence-electron chi connectivity index (χ4n) is 2.16. The summed E-state index contributed by atoms with van der Waals surface area (Å²) in [5.74, 6) is 1.75. The summed E-state index contributed by atoms with van der Waals surface area (Å²) in [4.78, 5) is 4.49. The molecule has 0 spiro atoms. The van der Waals surface area contributed by atoms with Gasteiger partial charge >= 0.3 is 0 Å².